The Morgan fingerprint density at radius 2 is 2.17 bits per heavy atom. The number of nitrogens with zero attached hydrogens (tertiary/aromatic N) is 1. The second-order valence-electron chi connectivity index (χ2n) is 4.27. The normalized spacial score (nSPS) is 20.9. The van der Waals surface area contributed by atoms with Gasteiger partial charge in [-0.05, 0) is 18.9 Å². The maximum absolute atomic E-state index is 12.6. The van der Waals surface area contributed by atoms with Crippen molar-refractivity contribution in [3.63, 3.8) is 0 Å². The lowest BCUT2D eigenvalue weighted by atomic mass is 10.1. The molecule has 1 aliphatic heterocycles. The summed E-state index contributed by atoms with van der Waals surface area (Å²) in [6.07, 6.45) is -2.37. The summed E-state index contributed by atoms with van der Waals surface area (Å²) in [6, 6.07) is 0.290. The van der Waals surface area contributed by atoms with Crippen LogP contribution in [0.4, 0.5) is 18.9 Å². The lowest BCUT2D eigenvalue weighted by molar-refractivity contribution is -0.138. The summed E-state index contributed by atoms with van der Waals surface area (Å²) in [5.41, 5.74) is 3.45. The van der Waals surface area contributed by atoms with Crippen LogP contribution in [0.1, 0.15) is 24.4 Å². The number of halogens is 3. The molecule has 0 radical (unpaired) electrons. The summed E-state index contributed by atoms with van der Waals surface area (Å²) in [7, 11) is 0. The van der Waals surface area contributed by atoms with E-state index >= 15 is 0 Å². The van der Waals surface area contributed by atoms with E-state index in [4.69, 9.17) is 10.5 Å². The van der Waals surface area contributed by atoms with Gasteiger partial charge in [-0.3, -0.25) is 4.79 Å². The Bertz CT molecular complexity index is 490. The summed E-state index contributed by atoms with van der Waals surface area (Å²) in [6.45, 7) is 0.806. The van der Waals surface area contributed by atoms with Crippen molar-refractivity contribution in [1.82, 2.24) is 4.57 Å². The number of alkyl halides is 3. The lowest BCUT2D eigenvalue weighted by Crippen LogP contribution is -2.32. The predicted molar refractivity (Wildman–Crippen MR) is 59.2 cm³/mol. The van der Waals surface area contributed by atoms with Crippen LogP contribution in [0.25, 0.3) is 0 Å². The Balaban J connectivity index is 2.45. The second-order valence-corrected chi connectivity index (χ2v) is 4.27. The Labute approximate surface area is 101 Å². The van der Waals surface area contributed by atoms with Gasteiger partial charge < -0.3 is 15.0 Å². The second kappa shape index (κ2) is 4.64. The van der Waals surface area contributed by atoms with Crippen molar-refractivity contribution >= 4 is 5.69 Å². The van der Waals surface area contributed by atoms with Crippen LogP contribution in [-0.4, -0.2) is 17.8 Å². The molecule has 18 heavy (non-hydrogen) atoms. The van der Waals surface area contributed by atoms with E-state index in [9.17, 15) is 18.0 Å². The average Bonchev–Trinajstić information content (AvgIpc) is 2.32. The van der Waals surface area contributed by atoms with Gasteiger partial charge in [0.2, 0.25) is 0 Å². The fraction of sp³-hybridized carbons (Fsp3) is 0.545. The molecule has 0 aliphatic carbocycles. The first-order valence-electron chi connectivity index (χ1n) is 5.56. The first kappa shape index (κ1) is 12.9. The van der Waals surface area contributed by atoms with Crippen LogP contribution in [0, 0.1) is 0 Å². The molecule has 1 fully saturated rings. The molecule has 1 saturated heterocycles. The van der Waals surface area contributed by atoms with Crippen molar-refractivity contribution in [2.75, 3.05) is 18.9 Å². The third-order valence-electron chi connectivity index (χ3n) is 2.93. The zero-order chi connectivity index (χ0) is 13.3. The molecule has 100 valence electrons. The van der Waals surface area contributed by atoms with Gasteiger partial charge in [0.05, 0.1) is 23.9 Å². The predicted octanol–water partition coefficient (Wildman–Crippen LogP) is 1.80. The highest BCUT2D eigenvalue weighted by atomic mass is 19.4. The molecule has 0 bridgehead atoms. The van der Waals surface area contributed by atoms with Crippen LogP contribution in [0.3, 0.4) is 0 Å². The fourth-order valence-electron chi connectivity index (χ4n) is 1.99. The largest absolute Gasteiger partial charge is 0.417 e. The molecular formula is C11H13F3N2O2. The summed E-state index contributed by atoms with van der Waals surface area (Å²) in [4.78, 5) is 11.8. The van der Waals surface area contributed by atoms with Crippen molar-refractivity contribution in [3.8, 4) is 0 Å². The number of rotatable bonds is 1. The van der Waals surface area contributed by atoms with Crippen LogP contribution >= 0.6 is 0 Å². The number of nitrogen functional groups attached to an aromatic ring is 1. The number of hydrogen-bond acceptors (Lipinski definition) is 3. The van der Waals surface area contributed by atoms with E-state index in [1.807, 2.05) is 0 Å². The summed E-state index contributed by atoms with van der Waals surface area (Å²) in [5, 5.41) is 0. The molecule has 1 aliphatic rings. The Kier molecular flexibility index (Phi) is 3.34. The fourth-order valence-corrected chi connectivity index (χ4v) is 1.99. The molecule has 1 aromatic heterocycles. The molecule has 2 N–H and O–H groups in total. The van der Waals surface area contributed by atoms with E-state index in [-0.39, 0.29) is 12.6 Å². The summed E-state index contributed by atoms with van der Waals surface area (Å²) < 4.78 is 44.1. The van der Waals surface area contributed by atoms with Gasteiger partial charge in [0.1, 0.15) is 0 Å². The third kappa shape index (κ3) is 2.50. The van der Waals surface area contributed by atoms with Crippen molar-refractivity contribution in [2.45, 2.75) is 25.1 Å². The molecule has 1 atom stereocenters. The number of nitrogens with two attached hydrogens (primary N) is 1. The Hall–Kier alpha value is -1.50. The molecule has 0 saturated carbocycles. The Morgan fingerprint density at radius 3 is 2.72 bits per heavy atom. The van der Waals surface area contributed by atoms with Crippen molar-refractivity contribution in [2.24, 2.45) is 0 Å². The first-order chi connectivity index (χ1) is 8.39. The Morgan fingerprint density at radius 1 is 1.44 bits per heavy atom. The van der Waals surface area contributed by atoms with Gasteiger partial charge >= 0.3 is 6.18 Å². The first-order valence-corrected chi connectivity index (χ1v) is 5.56. The van der Waals surface area contributed by atoms with Gasteiger partial charge in [0, 0.05) is 12.8 Å². The zero-order valence-corrected chi connectivity index (χ0v) is 9.54. The maximum Gasteiger partial charge on any atom is 0.417 e. The average molecular weight is 262 g/mol. The molecule has 1 unspecified atom stereocenters. The minimum Gasteiger partial charge on any atom is -0.394 e. The monoisotopic (exact) mass is 262 g/mol. The third-order valence-corrected chi connectivity index (χ3v) is 2.93. The van der Waals surface area contributed by atoms with Crippen LogP contribution < -0.4 is 11.3 Å². The number of aromatic nitrogens is 1. The van der Waals surface area contributed by atoms with Gasteiger partial charge in [0.15, 0.2) is 0 Å². The molecule has 2 rings (SSSR count). The van der Waals surface area contributed by atoms with Gasteiger partial charge in [-0.1, -0.05) is 0 Å². The van der Waals surface area contributed by atoms with E-state index in [2.05, 4.69) is 0 Å². The van der Waals surface area contributed by atoms with Crippen molar-refractivity contribution in [1.29, 1.82) is 0 Å². The number of pyridine rings is 1. The quantitative estimate of drug-likeness (QED) is 0.839. The lowest BCUT2D eigenvalue weighted by Gasteiger charge is -2.25. The SMILES string of the molecule is Nc1cc(C(F)(F)F)cn(C2CCCOC2)c1=O. The molecule has 0 amide bonds. The van der Waals surface area contributed by atoms with E-state index in [0.29, 0.717) is 25.5 Å². The zero-order valence-electron chi connectivity index (χ0n) is 9.54. The molecule has 2 heterocycles. The molecule has 0 spiro atoms. The maximum atomic E-state index is 12.6. The topological polar surface area (TPSA) is 57.2 Å². The highest BCUT2D eigenvalue weighted by Gasteiger charge is 2.32. The minimum absolute atomic E-state index is 0.237. The molecule has 4 nitrogen and oxygen atoms in total. The van der Waals surface area contributed by atoms with Crippen LogP contribution in [0.15, 0.2) is 17.1 Å². The van der Waals surface area contributed by atoms with Crippen LogP contribution in [0.5, 0.6) is 0 Å². The van der Waals surface area contributed by atoms with E-state index in [1.54, 1.807) is 0 Å². The van der Waals surface area contributed by atoms with Gasteiger partial charge in [0.25, 0.3) is 5.56 Å². The standard InChI is InChI=1S/C11H13F3N2O2/c12-11(13,14)7-4-9(15)10(17)16(5-7)8-2-1-3-18-6-8/h4-5,8H,1-3,6,15H2. The number of hydrogen-bond donors (Lipinski definition) is 1. The van der Waals surface area contributed by atoms with Crippen LogP contribution in [0.2, 0.25) is 0 Å². The summed E-state index contributed by atoms with van der Waals surface area (Å²) in [5.74, 6) is 0. The van der Waals surface area contributed by atoms with Gasteiger partial charge in [-0.2, -0.15) is 13.2 Å². The highest BCUT2D eigenvalue weighted by Crippen LogP contribution is 2.30. The smallest absolute Gasteiger partial charge is 0.394 e. The minimum atomic E-state index is -4.51. The molecule has 7 heteroatoms. The van der Waals surface area contributed by atoms with Gasteiger partial charge in [-0.25, -0.2) is 0 Å². The summed E-state index contributed by atoms with van der Waals surface area (Å²) >= 11 is 0. The van der Waals surface area contributed by atoms with Crippen molar-refractivity contribution < 1.29 is 17.9 Å². The van der Waals surface area contributed by atoms with Crippen molar-refractivity contribution in [3.05, 3.63) is 28.2 Å². The molecule has 1 aromatic rings. The van der Waals surface area contributed by atoms with Gasteiger partial charge in [-0.15, -0.1) is 0 Å². The molecular weight excluding hydrogens is 249 g/mol. The number of ether oxygens (including phenoxy) is 1. The van der Waals surface area contributed by atoms with Crippen LogP contribution in [-0.2, 0) is 10.9 Å². The number of anilines is 1. The van der Waals surface area contributed by atoms with E-state index < -0.39 is 23.0 Å². The highest BCUT2D eigenvalue weighted by molar-refractivity contribution is 5.39. The van der Waals surface area contributed by atoms with E-state index in [1.165, 1.54) is 0 Å². The van der Waals surface area contributed by atoms with E-state index in [0.717, 1.165) is 10.8 Å². The molecule has 0 aromatic carbocycles.